The van der Waals surface area contributed by atoms with Crippen LogP contribution < -0.4 is 11.1 Å². The van der Waals surface area contributed by atoms with Crippen LogP contribution >= 0.6 is 15.9 Å². The summed E-state index contributed by atoms with van der Waals surface area (Å²) in [5, 5.41) is 2.88. The van der Waals surface area contributed by atoms with Crippen LogP contribution in [0, 0.1) is 0 Å². The highest BCUT2D eigenvalue weighted by atomic mass is 79.9. The van der Waals surface area contributed by atoms with Gasteiger partial charge in [-0.3, -0.25) is 9.59 Å². The van der Waals surface area contributed by atoms with Crippen molar-refractivity contribution < 1.29 is 27.2 Å². The summed E-state index contributed by atoms with van der Waals surface area (Å²) in [5.41, 5.74) is 3.64. The lowest BCUT2D eigenvalue weighted by atomic mass is 10.0. The molecule has 0 radical (unpaired) electrons. The molecular formula is C24H20BrF4N7O2. The predicted octanol–water partition coefficient (Wildman–Crippen LogP) is 4.31. The molecule has 5 rings (SSSR count). The normalized spacial score (nSPS) is 19.8. The van der Waals surface area contributed by atoms with Crippen LogP contribution in [0.1, 0.15) is 18.9 Å². The third-order valence-corrected chi connectivity index (χ3v) is 6.82. The number of pyridine rings is 1. The number of fused-ring (bicyclic) bond motifs is 3. The number of halogens is 5. The maximum atomic E-state index is 15.1. The summed E-state index contributed by atoms with van der Waals surface area (Å²) in [4.78, 5) is 39.8. The van der Waals surface area contributed by atoms with Crippen LogP contribution in [0.4, 0.5) is 29.2 Å². The first-order valence-corrected chi connectivity index (χ1v) is 12.1. The molecule has 9 nitrogen and oxygen atoms in total. The van der Waals surface area contributed by atoms with Crippen LogP contribution in [0.15, 0.2) is 47.3 Å². The Morgan fingerprint density at radius 3 is 2.71 bits per heavy atom. The number of hydrogen-bond acceptors (Lipinski definition) is 6. The van der Waals surface area contributed by atoms with Gasteiger partial charge in [0, 0.05) is 11.8 Å². The number of carbonyl (C=O) groups is 2. The fourth-order valence-electron chi connectivity index (χ4n) is 4.73. The van der Waals surface area contributed by atoms with Crippen molar-refractivity contribution in [2.45, 2.75) is 37.8 Å². The molecule has 1 aromatic carbocycles. The Morgan fingerprint density at radius 2 is 2.00 bits per heavy atom. The topological polar surface area (TPSA) is 119 Å². The molecule has 38 heavy (non-hydrogen) atoms. The van der Waals surface area contributed by atoms with Crippen molar-refractivity contribution in [2.75, 3.05) is 17.6 Å². The zero-order chi connectivity index (χ0) is 27.4. The summed E-state index contributed by atoms with van der Waals surface area (Å²) in [6.45, 7) is 0.532. The van der Waals surface area contributed by atoms with Crippen LogP contribution in [-0.2, 0) is 22.3 Å². The molecule has 198 valence electrons. The molecule has 0 bridgehead atoms. The van der Waals surface area contributed by atoms with E-state index in [0.29, 0.717) is 4.60 Å². The van der Waals surface area contributed by atoms with Crippen LogP contribution in [0.2, 0.25) is 0 Å². The van der Waals surface area contributed by atoms with Crippen molar-refractivity contribution in [3.05, 3.63) is 52.9 Å². The first-order valence-electron chi connectivity index (χ1n) is 11.4. The Hall–Kier alpha value is -3.81. The largest absolute Gasteiger partial charge is 0.416 e. The van der Waals surface area contributed by atoms with Gasteiger partial charge in [-0.25, -0.2) is 19.3 Å². The van der Waals surface area contributed by atoms with E-state index in [2.05, 4.69) is 36.2 Å². The van der Waals surface area contributed by atoms with Crippen LogP contribution in [0.3, 0.4) is 0 Å². The van der Waals surface area contributed by atoms with Gasteiger partial charge in [-0.05, 0) is 53.2 Å². The Kier molecular flexibility index (Phi) is 6.24. The van der Waals surface area contributed by atoms with E-state index >= 15 is 4.39 Å². The van der Waals surface area contributed by atoms with Crippen molar-refractivity contribution in [3.63, 3.8) is 0 Å². The fraction of sp³-hybridized carbons (Fsp3) is 0.292. The quantitative estimate of drug-likeness (QED) is 0.269. The average Bonchev–Trinajstić information content (AvgIpc) is 3.33. The highest BCUT2D eigenvalue weighted by Crippen LogP contribution is 2.37. The van der Waals surface area contributed by atoms with E-state index in [1.165, 1.54) is 17.6 Å². The minimum Gasteiger partial charge on any atom is -0.383 e. The first kappa shape index (κ1) is 25.8. The number of alkyl halides is 4. The Morgan fingerprint density at radius 1 is 1.24 bits per heavy atom. The van der Waals surface area contributed by atoms with Gasteiger partial charge in [0.1, 0.15) is 46.5 Å². The molecule has 1 saturated heterocycles. The summed E-state index contributed by atoms with van der Waals surface area (Å²) in [7, 11) is 0. The molecule has 2 atom stereocenters. The number of anilines is 2. The molecule has 14 heteroatoms. The molecule has 1 aliphatic rings. The molecule has 4 aromatic rings. The molecular weight excluding hydrogens is 574 g/mol. The number of hydrogen-bond donors (Lipinski definition) is 2. The van der Waals surface area contributed by atoms with E-state index < -0.39 is 41.8 Å². The van der Waals surface area contributed by atoms with Crippen molar-refractivity contribution >= 4 is 61.3 Å². The third kappa shape index (κ3) is 4.75. The lowest BCUT2D eigenvalue weighted by Gasteiger charge is -2.24. The van der Waals surface area contributed by atoms with E-state index in [9.17, 15) is 22.8 Å². The molecule has 2 amide bonds. The van der Waals surface area contributed by atoms with Crippen LogP contribution in [0.5, 0.6) is 0 Å². The zero-order valence-corrected chi connectivity index (χ0v) is 21.3. The number of nitrogen functional groups attached to an aromatic ring is 1. The second-order valence-electron chi connectivity index (χ2n) is 9.26. The van der Waals surface area contributed by atoms with E-state index in [-0.39, 0.29) is 46.5 Å². The minimum absolute atomic E-state index is 0.0539. The monoisotopic (exact) mass is 593 g/mol. The van der Waals surface area contributed by atoms with Crippen molar-refractivity contribution in [3.8, 4) is 0 Å². The molecule has 1 fully saturated rings. The SMILES string of the molecule is C[C@@]1(F)C[C@@H](C(=O)Nc2cccc(Br)n2)N(C(=O)Cn2c3ccc(C(F)(F)F)cc3c3c(N)ncnc32)C1. The molecule has 3 aromatic heterocycles. The lowest BCUT2D eigenvalue weighted by molar-refractivity contribution is -0.137. The van der Waals surface area contributed by atoms with E-state index in [0.717, 1.165) is 23.4 Å². The number of aromatic nitrogens is 4. The van der Waals surface area contributed by atoms with Crippen molar-refractivity contribution in [2.24, 2.45) is 0 Å². The molecule has 1 aliphatic heterocycles. The van der Waals surface area contributed by atoms with Crippen molar-refractivity contribution in [1.29, 1.82) is 0 Å². The Labute approximate surface area is 221 Å². The van der Waals surface area contributed by atoms with Crippen molar-refractivity contribution in [1.82, 2.24) is 24.4 Å². The van der Waals surface area contributed by atoms with Gasteiger partial charge in [-0.15, -0.1) is 0 Å². The second kappa shape index (κ2) is 9.19. The lowest BCUT2D eigenvalue weighted by Crippen LogP contribution is -2.44. The summed E-state index contributed by atoms with van der Waals surface area (Å²) < 4.78 is 57.1. The average molecular weight is 594 g/mol. The number of rotatable bonds is 4. The summed E-state index contributed by atoms with van der Waals surface area (Å²) >= 11 is 3.21. The highest BCUT2D eigenvalue weighted by Gasteiger charge is 2.46. The maximum Gasteiger partial charge on any atom is 0.416 e. The molecule has 0 saturated carbocycles. The highest BCUT2D eigenvalue weighted by molar-refractivity contribution is 9.10. The number of nitrogens with two attached hydrogens (primary N) is 1. The summed E-state index contributed by atoms with van der Waals surface area (Å²) in [5.74, 6) is -1.07. The van der Waals surface area contributed by atoms with Gasteiger partial charge < -0.3 is 20.5 Å². The number of likely N-dealkylation sites (tertiary alicyclic amines) is 1. The van der Waals surface area contributed by atoms with E-state index in [4.69, 9.17) is 5.73 Å². The van der Waals surface area contributed by atoms with E-state index in [1.54, 1.807) is 18.2 Å². The van der Waals surface area contributed by atoms with Crippen LogP contribution in [0.25, 0.3) is 21.9 Å². The molecule has 0 spiro atoms. The number of nitrogens with zero attached hydrogens (tertiary/aromatic N) is 5. The zero-order valence-electron chi connectivity index (χ0n) is 19.8. The number of carbonyl (C=O) groups excluding carboxylic acids is 2. The fourth-order valence-corrected chi connectivity index (χ4v) is 5.07. The summed E-state index contributed by atoms with van der Waals surface area (Å²) in [6.07, 6.45) is -3.71. The molecule has 3 N–H and O–H groups in total. The molecule has 4 heterocycles. The molecule has 0 aliphatic carbocycles. The third-order valence-electron chi connectivity index (χ3n) is 6.37. The number of amides is 2. The smallest absolute Gasteiger partial charge is 0.383 e. The predicted molar refractivity (Wildman–Crippen MR) is 135 cm³/mol. The van der Waals surface area contributed by atoms with Gasteiger partial charge in [0.25, 0.3) is 0 Å². The Bertz CT molecular complexity index is 1590. The molecule has 0 unspecified atom stereocenters. The number of nitrogens with one attached hydrogen (secondary N) is 1. The standard InChI is InChI=1S/C24H20BrF4N7O2/c1-23(26)8-15(22(38)34-17-4-2-3-16(25)33-17)36(10-23)18(37)9-35-14-6-5-12(24(27,28)29)7-13(14)19-20(30)31-11-32-21(19)35/h2-7,11,15H,8-10H2,1H3,(H2,30,31,32)(H,33,34,38)/t15-,23+/m0/s1. The minimum atomic E-state index is -4.60. The van der Waals surface area contributed by atoms with Gasteiger partial charge >= 0.3 is 6.18 Å². The van der Waals surface area contributed by atoms with E-state index in [1.807, 2.05) is 0 Å². The Balaban J connectivity index is 1.50. The van der Waals surface area contributed by atoms with Gasteiger partial charge in [0.05, 0.1) is 23.0 Å². The van der Waals surface area contributed by atoms with Gasteiger partial charge in [0.15, 0.2) is 0 Å². The van der Waals surface area contributed by atoms with Gasteiger partial charge in [-0.2, -0.15) is 13.2 Å². The van der Waals surface area contributed by atoms with Gasteiger partial charge in [-0.1, -0.05) is 6.07 Å². The number of benzene rings is 1. The summed E-state index contributed by atoms with van der Waals surface area (Å²) in [6, 6.07) is 6.77. The van der Waals surface area contributed by atoms with Crippen LogP contribution in [-0.4, -0.2) is 54.5 Å². The first-order chi connectivity index (χ1) is 17.8. The van der Waals surface area contributed by atoms with Gasteiger partial charge in [0.2, 0.25) is 11.8 Å². The maximum absolute atomic E-state index is 15.1. The second-order valence-corrected chi connectivity index (χ2v) is 10.1.